The Morgan fingerprint density at radius 3 is 2.50 bits per heavy atom. The molecular formula is C10H20N2O2. The molecule has 1 aliphatic carbocycles. The molecule has 4 nitrogen and oxygen atoms in total. The van der Waals surface area contributed by atoms with E-state index in [9.17, 15) is 0 Å². The maximum Gasteiger partial charge on any atom is 0.0911 e. The first-order chi connectivity index (χ1) is 6.68. The predicted octanol–water partition coefficient (Wildman–Crippen LogP) is 1.15. The molecule has 1 aliphatic rings. The monoisotopic (exact) mass is 200 g/mol. The highest BCUT2D eigenvalue weighted by atomic mass is 16.5. The lowest BCUT2D eigenvalue weighted by molar-refractivity contribution is 0.0337. The predicted molar refractivity (Wildman–Crippen MR) is 55.5 cm³/mol. The number of nitrogens with one attached hydrogen (secondary N) is 1. The molecule has 1 saturated carbocycles. The van der Waals surface area contributed by atoms with Crippen LogP contribution in [0.3, 0.4) is 0 Å². The van der Waals surface area contributed by atoms with E-state index in [1.807, 2.05) is 6.92 Å². The molecule has 82 valence electrons. The van der Waals surface area contributed by atoms with Crippen molar-refractivity contribution in [2.24, 2.45) is 11.1 Å². The topological polar surface area (TPSA) is 68.3 Å². The summed E-state index contributed by atoms with van der Waals surface area (Å²) in [6.45, 7) is 4.74. The third-order valence-electron chi connectivity index (χ3n) is 2.51. The minimum absolute atomic E-state index is 0.193. The van der Waals surface area contributed by atoms with Gasteiger partial charge in [-0.2, -0.15) is 0 Å². The molecular weight excluding hydrogens is 180 g/mol. The van der Waals surface area contributed by atoms with Crippen LogP contribution in [0, 0.1) is 10.8 Å². The highest BCUT2D eigenvalue weighted by Gasteiger charge is 2.43. The number of hydrogen-bond acceptors (Lipinski definition) is 3. The van der Waals surface area contributed by atoms with Crippen molar-refractivity contribution in [2.45, 2.75) is 26.2 Å². The summed E-state index contributed by atoms with van der Waals surface area (Å²) < 4.78 is 10.6. The summed E-state index contributed by atoms with van der Waals surface area (Å²) in [5.41, 5.74) is 5.57. The maximum atomic E-state index is 7.23. The molecule has 3 N–H and O–H groups in total. The van der Waals surface area contributed by atoms with Gasteiger partial charge in [0.1, 0.15) is 0 Å². The molecule has 0 aromatic carbocycles. The molecule has 14 heavy (non-hydrogen) atoms. The second kappa shape index (κ2) is 5.32. The average Bonchev–Trinajstić information content (AvgIpc) is 2.84. The van der Waals surface area contributed by atoms with E-state index in [-0.39, 0.29) is 11.3 Å². The Hall–Kier alpha value is -0.610. The number of nitrogens with two attached hydrogens (primary N) is 1. The summed E-state index contributed by atoms with van der Waals surface area (Å²) in [5, 5.41) is 7.23. The van der Waals surface area contributed by atoms with Gasteiger partial charge in [0.15, 0.2) is 0 Å². The lowest BCUT2D eigenvalue weighted by atomic mass is 10.0. The summed E-state index contributed by atoms with van der Waals surface area (Å²) in [7, 11) is 0. The van der Waals surface area contributed by atoms with Crippen LogP contribution >= 0.6 is 0 Å². The Morgan fingerprint density at radius 1 is 1.36 bits per heavy atom. The lowest BCUT2D eigenvalue weighted by Gasteiger charge is -2.14. The van der Waals surface area contributed by atoms with Crippen LogP contribution in [-0.2, 0) is 9.47 Å². The standard InChI is InChI=1S/C10H20N2O2/c1-2-13-5-6-14-8-10(3-4-10)7-9(11)12/h2-8H2,1H3,(H3,11,12). The van der Waals surface area contributed by atoms with E-state index in [1.165, 1.54) is 0 Å². The molecule has 0 radical (unpaired) electrons. The summed E-state index contributed by atoms with van der Waals surface area (Å²) in [6.07, 6.45) is 2.96. The van der Waals surface area contributed by atoms with Gasteiger partial charge >= 0.3 is 0 Å². The van der Waals surface area contributed by atoms with Gasteiger partial charge in [0.25, 0.3) is 0 Å². The Labute approximate surface area is 85.3 Å². The molecule has 0 aromatic rings. The smallest absolute Gasteiger partial charge is 0.0911 e. The Balaban J connectivity index is 2.03. The number of amidine groups is 1. The van der Waals surface area contributed by atoms with Gasteiger partial charge < -0.3 is 15.2 Å². The molecule has 0 amide bonds. The van der Waals surface area contributed by atoms with Crippen molar-refractivity contribution in [1.29, 1.82) is 5.41 Å². The molecule has 1 fully saturated rings. The Kier molecular flexibility index (Phi) is 4.35. The molecule has 0 atom stereocenters. The lowest BCUT2D eigenvalue weighted by Crippen LogP contribution is -2.21. The van der Waals surface area contributed by atoms with E-state index in [2.05, 4.69) is 0 Å². The minimum atomic E-state index is 0.193. The zero-order valence-corrected chi connectivity index (χ0v) is 8.84. The van der Waals surface area contributed by atoms with Crippen LogP contribution in [0.2, 0.25) is 0 Å². The Bertz CT molecular complexity index is 191. The van der Waals surface area contributed by atoms with Gasteiger partial charge in [0.05, 0.1) is 25.7 Å². The quantitative estimate of drug-likeness (QED) is 0.351. The van der Waals surface area contributed by atoms with Crippen LogP contribution < -0.4 is 5.73 Å². The van der Waals surface area contributed by atoms with Crippen molar-refractivity contribution in [3.05, 3.63) is 0 Å². The molecule has 0 spiro atoms. The first-order valence-electron chi connectivity index (χ1n) is 5.17. The maximum absolute atomic E-state index is 7.23. The van der Waals surface area contributed by atoms with Crippen LogP contribution in [0.1, 0.15) is 26.2 Å². The molecule has 0 heterocycles. The first-order valence-corrected chi connectivity index (χ1v) is 5.17. The van der Waals surface area contributed by atoms with Crippen molar-refractivity contribution < 1.29 is 9.47 Å². The minimum Gasteiger partial charge on any atom is -0.388 e. The van der Waals surface area contributed by atoms with Gasteiger partial charge in [-0.05, 0) is 19.8 Å². The fraction of sp³-hybridized carbons (Fsp3) is 0.900. The van der Waals surface area contributed by atoms with Gasteiger partial charge in [-0.1, -0.05) is 0 Å². The second-order valence-corrected chi connectivity index (χ2v) is 3.95. The fourth-order valence-corrected chi connectivity index (χ4v) is 1.50. The van der Waals surface area contributed by atoms with Gasteiger partial charge in [-0.25, -0.2) is 0 Å². The molecule has 0 bridgehead atoms. The van der Waals surface area contributed by atoms with Crippen LogP contribution in [0.15, 0.2) is 0 Å². The summed E-state index contributed by atoms with van der Waals surface area (Å²) >= 11 is 0. The van der Waals surface area contributed by atoms with E-state index < -0.39 is 0 Å². The molecule has 0 aromatic heterocycles. The highest BCUT2D eigenvalue weighted by molar-refractivity contribution is 5.78. The highest BCUT2D eigenvalue weighted by Crippen LogP contribution is 2.48. The van der Waals surface area contributed by atoms with E-state index in [1.54, 1.807) is 0 Å². The SMILES string of the molecule is CCOCCOCC1(CC(=N)N)CC1. The number of ether oxygens (including phenoxy) is 2. The van der Waals surface area contributed by atoms with Crippen LogP contribution in [-0.4, -0.2) is 32.3 Å². The van der Waals surface area contributed by atoms with Crippen molar-refractivity contribution in [2.75, 3.05) is 26.4 Å². The molecule has 0 unspecified atom stereocenters. The molecule has 0 saturated heterocycles. The largest absolute Gasteiger partial charge is 0.388 e. The van der Waals surface area contributed by atoms with E-state index in [0.717, 1.165) is 26.1 Å². The second-order valence-electron chi connectivity index (χ2n) is 3.95. The summed E-state index contributed by atoms with van der Waals surface area (Å²) in [6, 6.07) is 0. The van der Waals surface area contributed by atoms with Crippen molar-refractivity contribution >= 4 is 5.84 Å². The van der Waals surface area contributed by atoms with Crippen molar-refractivity contribution in [1.82, 2.24) is 0 Å². The van der Waals surface area contributed by atoms with Crippen LogP contribution in [0.4, 0.5) is 0 Å². The van der Waals surface area contributed by atoms with Crippen molar-refractivity contribution in [3.63, 3.8) is 0 Å². The normalized spacial score (nSPS) is 18.1. The zero-order valence-electron chi connectivity index (χ0n) is 8.84. The number of rotatable bonds is 8. The zero-order chi connectivity index (χ0) is 10.4. The third kappa shape index (κ3) is 4.07. The molecule has 4 heteroatoms. The number of hydrogen-bond donors (Lipinski definition) is 2. The summed E-state index contributed by atoms with van der Waals surface area (Å²) in [5.74, 6) is 0.274. The van der Waals surface area contributed by atoms with E-state index >= 15 is 0 Å². The molecule has 1 rings (SSSR count). The Morgan fingerprint density at radius 2 is 2.00 bits per heavy atom. The average molecular weight is 200 g/mol. The van der Waals surface area contributed by atoms with Gasteiger partial charge in [-0.15, -0.1) is 0 Å². The van der Waals surface area contributed by atoms with Crippen LogP contribution in [0.5, 0.6) is 0 Å². The van der Waals surface area contributed by atoms with Gasteiger partial charge in [-0.3, -0.25) is 5.41 Å². The van der Waals surface area contributed by atoms with E-state index in [4.69, 9.17) is 20.6 Å². The van der Waals surface area contributed by atoms with Crippen LogP contribution in [0.25, 0.3) is 0 Å². The fourth-order valence-electron chi connectivity index (χ4n) is 1.50. The molecule has 0 aliphatic heterocycles. The van der Waals surface area contributed by atoms with E-state index in [0.29, 0.717) is 19.6 Å². The van der Waals surface area contributed by atoms with Gasteiger partial charge in [0, 0.05) is 18.4 Å². The first kappa shape index (κ1) is 11.5. The third-order valence-corrected chi connectivity index (χ3v) is 2.51. The van der Waals surface area contributed by atoms with Gasteiger partial charge in [0.2, 0.25) is 0 Å². The van der Waals surface area contributed by atoms with Crippen molar-refractivity contribution in [3.8, 4) is 0 Å². The summed E-state index contributed by atoms with van der Waals surface area (Å²) in [4.78, 5) is 0.